The lowest BCUT2D eigenvalue weighted by Crippen LogP contribution is -2.36. The minimum absolute atomic E-state index is 0.00105. The number of hydrogen-bond donors (Lipinski definition) is 0. The summed E-state index contributed by atoms with van der Waals surface area (Å²) in [4.78, 5) is 15.4. The Labute approximate surface area is 226 Å². The fourth-order valence-electron chi connectivity index (χ4n) is 5.67. The molecule has 39 heavy (non-hydrogen) atoms. The Hall–Kier alpha value is -4.16. The van der Waals surface area contributed by atoms with Gasteiger partial charge in [-0.25, -0.2) is 0 Å². The number of anilines is 1. The quantitative estimate of drug-likeness (QED) is 0.369. The highest BCUT2D eigenvalue weighted by atomic mass is 16.5. The van der Waals surface area contributed by atoms with Crippen molar-refractivity contribution in [2.75, 3.05) is 31.2 Å². The van der Waals surface area contributed by atoms with Crippen molar-refractivity contribution in [1.82, 2.24) is 14.8 Å². The van der Waals surface area contributed by atoms with Crippen LogP contribution in [-0.2, 0) is 11.8 Å². The fraction of sp³-hybridized carbons (Fsp3) is 0.400. The van der Waals surface area contributed by atoms with Crippen molar-refractivity contribution in [3.63, 3.8) is 0 Å². The van der Waals surface area contributed by atoms with Gasteiger partial charge in [-0.15, -0.1) is 10.2 Å². The number of hydrogen-bond acceptors (Lipinski definition) is 8. The van der Waals surface area contributed by atoms with Crippen molar-refractivity contribution < 1.29 is 13.9 Å². The average molecular weight is 526 g/mol. The van der Waals surface area contributed by atoms with Crippen molar-refractivity contribution in [2.45, 2.75) is 44.6 Å². The molecule has 9 nitrogen and oxygen atoms in total. The van der Waals surface area contributed by atoms with Crippen molar-refractivity contribution in [3.8, 4) is 23.3 Å². The second-order valence-electron chi connectivity index (χ2n) is 10.4. The van der Waals surface area contributed by atoms with Gasteiger partial charge in [0, 0.05) is 49.7 Å². The van der Waals surface area contributed by atoms with Crippen LogP contribution in [0.4, 0.5) is 5.69 Å². The molecule has 1 unspecified atom stereocenters. The number of rotatable bonds is 5. The predicted molar refractivity (Wildman–Crippen MR) is 147 cm³/mol. The third-order valence-electron chi connectivity index (χ3n) is 7.85. The summed E-state index contributed by atoms with van der Waals surface area (Å²) >= 11 is 0. The van der Waals surface area contributed by atoms with Gasteiger partial charge in [-0.2, -0.15) is 5.26 Å². The Morgan fingerprint density at radius 2 is 1.92 bits per heavy atom. The molecule has 1 atom stereocenters. The van der Waals surface area contributed by atoms with Gasteiger partial charge < -0.3 is 23.4 Å². The number of fused-ring (bicyclic) bond motifs is 1. The van der Waals surface area contributed by atoms with Gasteiger partial charge in [0.05, 0.1) is 17.8 Å². The Bertz CT molecular complexity index is 1600. The van der Waals surface area contributed by atoms with Crippen LogP contribution in [0.25, 0.3) is 22.4 Å². The van der Waals surface area contributed by atoms with E-state index in [4.69, 9.17) is 13.9 Å². The first-order valence-corrected chi connectivity index (χ1v) is 13.5. The molecular weight excluding hydrogens is 494 g/mol. The number of benzene rings is 2. The van der Waals surface area contributed by atoms with E-state index in [1.165, 1.54) is 0 Å². The number of nitrogens with zero attached hydrogens (tertiary/aromatic N) is 5. The summed E-state index contributed by atoms with van der Waals surface area (Å²) in [6.45, 7) is 4.70. The average Bonchev–Trinajstić information content (AvgIpc) is 3.46. The highest BCUT2D eigenvalue weighted by Crippen LogP contribution is 2.36. The zero-order chi connectivity index (χ0) is 26.9. The molecule has 2 aliphatic rings. The van der Waals surface area contributed by atoms with Crippen LogP contribution in [0.15, 0.2) is 51.7 Å². The van der Waals surface area contributed by atoms with Gasteiger partial charge in [0.15, 0.2) is 0 Å². The van der Waals surface area contributed by atoms with Crippen LogP contribution < -0.4 is 15.2 Å². The minimum atomic E-state index is -0.306. The molecule has 6 rings (SSSR count). The summed E-state index contributed by atoms with van der Waals surface area (Å²) in [5, 5.41) is 19.5. The molecule has 2 fully saturated rings. The molecule has 0 saturated carbocycles. The van der Waals surface area contributed by atoms with E-state index in [1.54, 1.807) is 11.6 Å². The summed E-state index contributed by atoms with van der Waals surface area (Å²) in [6, 6.07) is 15.9. The fourth-order valence-corrected chi connectivity index (χ4v) is 5.67. The third kappa shape index (κ3) is 4.77. The number of aromatic nitrogens is 3. The Morgan fingerprint density at radius 3 is 2.67 bits per heavy atom. The maximum absolute atomic E-state index is 13.2. The lowest BCUT2D eigenvalue weighted by molar-refractivity contribution is 0.00748. The smallest absolute Gasteiger partial charge is 0.270 e. The van der Waals surface area contributed by atoms with Crippen molar-refractivity contribution in [3.05, 3.63) is 69.8 Å². The van der Waals surface area contributed by atoms with E-state index < -0.39 is 0 Å². The van der Waals surface area contributed by atoms with Crippen LogP contribution >= 0.6 is 0 Å². The largest absolute Gasteiger partial charge is 0.488 e. The maximum atomic E-state index is 13.2. The highest BCUT2D eigenvalue weighted by Gasteiger charge is 2.29. The molecule has 0 N–H and O–H groups in total. The number of nitriles is 1. The zero-order valence-corrected chi connectivity index (χ0v) is 22.2. The second kappa shape index (κ2) is 10.5. The second-order valence-corrected chi connectivity index (χ2v) is 10.4. The van der Waals surface area contributed by atoms with Gasteiger partial charge in [0.25, 0.3) is 5.56 Å². The molecule has 200 valence electrons. The topological polar surface area (TPSA) is 106 Å². The predicted octanol–water partition coefficient (Wildman–Crippen LogP) is 4.71. The monoisotopic (exact) mass is 525 g/mol. The van der Waals surface area contributed by atoms with Gasteiger partial charge in [-0.1, -0.05) is 18.2 Å². The minimum Gasteiger partial charge on any atom is -0.488 e. The van der Waals surface area contributed by atoms with E-state index in [-0.39, 0.29) is 23.1 Å². The summed E-state index contributed by atoms with van der Waals surface area (Å²) in [5.74, 6) is 1.99. The Morgan fingerprint density at radius 1 is 1.10 bits per heavy atom. The third-order valence-corrected chi connectivity index (χ3v) is 7.85. The summed E-state index contributed by atoms with van der Waals surface area (Å²) in [5.41, 5.74) is 3.32. The van der Waals surface area contributed by atoms with Crippen molar-refractivity contribution >= 4 is 16.6 Å². The van der Waals surface area contributed by atoms with E-state index in [1.807, 2.05) is 49.4 Å². The zero-order valence-electron chi connectivity index (χ0n) is 22.2. The van der Waals surface area contributed by atoms with E-state index in [0.717, 1.165) is 54.3 Å². The van der Waals surface area contributed by atoms with E-state index in [2.05, 4.69) is 21.2 Å². The van der Waals surface area contributed by atoms with Crippen molar-refractivity contribution in [2.24, 2.45) is 7.05 Å². The summed E-state index contributed by atoms with van der Waals surface area (Å²) in [7, 11) is 1.70. The lowest BCUT2D eigenvalue weighted by atomic mass is 9.95. The van der Waals surface area contributed by atoms with Crippen LogP contribution in [0.3, 0.4) is 0 Å². The first-order chi connectivity index (χ1) is 19.0. The SMILES string of the molecule is Cc1ccccc1-c1nnc(C2CCN(c3c(C#N)c(=O)n(C)c4cc(OC5CCCOC5)ccc34)CC2)o1. The lowest BCUT2D eigenvalue weighted by Gasteiger charge is -2.33. The Balaban J connectivity index is 1.26. The highest BCUT2D eigenvalue weighted by molar-refractivity contribution is 5.95. The van der Waals surface area contributed by atoms with Crippen LogP contribution in [-0.4, -0.2) is 47.2 Å². The number of pyridine rings is 1. The molecule has 0 amide bonds. The molecular formula is C30H31N5O4. The van der Waals surface area contributed by atoms with Crippen LogP contribution in [0, 0.1) is 18.3 Å². The van der Waals surface area contributed by atoms with Gasteiger partial charge in [0.1, 0.15) is 23.5 Å². The molecule has 0 radical (unpaired) electrons. The molecule has 4 heterocycles. The summed E-state index contributed by atoms with van der Waals surface area (Å²) < 4.78 is 19.3. The number of aryl methyl sites for hydroxylation is 2. The van der Waals surface area contributed by atoms with E-state index in [0.29, 0.717) is 42.9 Å². The molecule has 2 aromatic carbocycles. The first kappa shape index (κ1) is 25.1. The van der Waals surface area contributed by atoms with Gasteiger partial charge in [0.2, 0.25) is 11.8 Å². The van der Waals surface area contributed by atoms with Crippen molar-refractivity contribution in [1.29, 1.82) is 5.26 Å². The van der Waals surface area contributed by atoms with E-state index in [9.17, 15) is 10.1 Å². The molecule has 0 aliphatic carbocycles. The number of ether oxygens (including phenoxy) is 2. The standard InChI is InChI=1S/C30H31N5O4/c1-19-6-3-4-8-23(19)29-33-32-28(39-29)20-11-13-35(14-12-20)27-24-10-9-21(38-22-7-5-15-37-18-22)16-26(24)34(2)30(36)25(27)17-31/h3-4,6,8-10,16,20,22H,5,7,11-15,18H2,1-2H3. The van der Waals surface area contributed by atoms with Gasteiger partial charge >= 0.3 is 0 Å². The van der Waals surface area contributed by atoms with Gasteiger partial charge in [-0.3, -0.25) is 4.79 Å². The molecule has 2 aromatic heterocycles. The molecule has 4 aromatic rings. The number of piperidine rings is 1. The molecule has 0 spiro atoms. The summed E-state index contributed by atoms with van der Waals surface area (Å²) in [6.07, 6.45) is 3.47. The molecule has 2 aliphatic heterocycles. The molecule has 2 saturated heterocycles. The first-order valence-electron chi connectivity index (χ1n) is 13.5. The van der Waals surface area contributed by atoms with Crippen LogP contribution in [0.2, 0.25) is 0 Å². The molecule has 9 heteroatoms. The van der Waals surface area contributed by atoms with Gasteiger partial charge in [-0.05, 0) is 56.4 Å². The van der Waals surface area contributed by atoms with Crippen LogP contribution in [0.5, 0.6) is 5.75 Å². The van der Waals surface area contributed by atoms with Crippen LogP contribution in [0.1, 0.15) is 48.6 Å². The van der Waals surface area contributed by atoms with E-state index >= 15 is 0 Å². The maximum Gasteiger partial charge on any atom is 0.270 e. The molecule has 0 bridgehead atoms. The Kier molecular flexibility index (Phi) is 6.79. The normalized spacial score (nSPS) is 18.3.